The van der Waals surface area contributed by atoms with E-state index in [1.54, 1.807) is 11.3 Å². The molecule has 0 aliphatic carbocycles. The molecule has 5 nitrogen and oxygen atoms in total. The second-order valence-corrected chi connectivity index (χ2v) is 9.21. The first kappa shape index (κ1) is 17.2. The molecule has 4 aromatic rings. The molecule has 1 atom stereocenters. The Labute approximate surface area is 170 Å². The standard InChI is InChI=1S/C19H19N5S3/c25-19-21-17(16-8-4-10-26-16)22-24(19)12-23-9-3-5-13(11-23)18-20-14-6-1-2-7-15(14)27-18/h1-2,4,6-8,10,13H,3,5,9,11-12H2,(H,21,22,25)/t13-/m1/s1. The molecule has 1 aromatic carbocycles. The van der Waals surface area contributed by atoms with Gasteiger partial charge in [-0.25, -0.2) is 9.67 Å². The average Bonchev–Trinajstić information content (AvgIpc) is 3.42. The summed E-state index contributed by atoms with van der Waals surface area (Å²) in [6, 6.07) is 12.5. The number of likely N-dealkylation sites (tertiary alicyclic amines) is 1. The fraction of sp³-hybridized carbons (Fsp3) is 0.316. The van der Waals surface area contributed by atoms with E-state index in [0.717, 1.165) is 36.0 Å². The lowest BCUT2D eigenvalue weighted by atomic mass is 9.99. The van der Waals surface area contributed by atoms with Gasteiger partial charge in [0.05, 0.1) is 26.8 Å². The van der Waals surface area contributed by atoms with Gasteiger partial charge in [-0.2, -0.15) is 4.98 Å². The predicted molar refractivity (Wildman–Crippen MR) is 114 cm³/mol. The molecule has 1 saturated heterocycles. The first-order valence-electron chi connectivity index (χ1n) is 9.05. The third kappa shape index (κ3) is 3.50. The molecule has 8 heteroatoms. The number of thiazole rings is 1. The topological polar surface area (TPSA) is 49.7 Å². The maximum atomic E-state index is 5.47. The highest BCUT2D eigenvalue weighted by Crippen LogP contribution is 2.33. The van der Waals surface area contributed by atoms with Gasteiger partial charge in [-0.1, -0.05) is 18.2 Å². The number of nitrogens with one attached hydrogen (secondary N) is 1. The van der Waals surface area contributed by atoms with E-state index in [1.807, 2.05) is 22.1 Å². The van der Waals surface area contributed by atoms with Crippen LogP contribution in [0.1, 0.15) is 23.8 Å². The van der Waals surface area contributed by atoms with E-state index < -0.39 is 0 Å². The average molecular weight is 414 g/mol. The summed E-state index contributed by atoms with van der Waals surface area (Å²) in [4.78, 5) is 13.0. The van der Waals surface area contributed by atoms with Crippen LogP contribution >= 0.6 is 34.9 Å². The summed E-state index contributed by atoms with van der Waals surface area (Å²) in [7, 11) is 0. The smallest absolute Gasteiger partial charge is 0.217 e. The molecule has 0 bridgehead atoms. The van der Waals surface area contributed by atoms with E-state index in [9.17, 15) is 0 Å². The van der Waals surface area contributed by atoms with Crippen molar-refractivity contribution in [3.8, 4) is 10.7 Å². The quantitative estimate of drug-likeness (QED) is 0.472. The SMILES string of the molecule is S=c1nc(-c2cccs2)[nH]n1CN1CCC[C@@H](c2nc3ccccc3s2)C1. The molecule has 138 valence electrons. The van der Waals surface area contributed by atoms with Crippen molar-refractivity contribution in [2.45, 2.75) is 25.4 Å². The number of fused-ring (bicyclic) bond motifs is 1. The highest BCUT2D eigenvalue weighted by atomic mass is 32.1. The van der Waals surface area contributed by atoms with Gasteiger partial charge in [0.1, 0.15) is 0 Å². The molecule has 0 amide bonds. The maximum absolute atomic E-state index is 5.47. The minimum absolute atomic E-state index is 0.491. The first-order chi connectivity index (χ1) is 13.3. The van der Waals surface area contributed by atoms with Crippen LogP contribution in [0.3, 0.4) is 0 Å². The zero-order valence-electron chi connectivity index (χ0n) is 14.7. The van der Waals surface area contributed by atoms with Crippen LogP contribution in [-0.4, -0.2) is 37.7 Å². The van der Waals surface area contributed by atoms with Crippen molar-refractivity contribution in [2.75, 3.05) is 13.1 Å². The molecule has 0 spiro atoms. The van der Waals surface area contributed by atoms with E-state index in [0.29, 0.717) is 10.7 Å². The van der Waals surface area contributed by atoms with Crippen molar-refractivity contribution in [3.63, 3.8) is 0 Å². The van der Waals surface area contributed by atoms with E-state index in [1.165, 1.54) is 22.5 Å². The number of piperidine rings is 1. The highest BCUT2D eigenvalue weighted by Gasteiger charge is 2.24. The van der Waals surface area contributed by atoms with E-state index in [-0.39, 0.29) is 0 Å². The fourth-order valence-corrected chi connectivity index (χ4v) is 5.58. The summed E-state index contributed by atoms with van der Waals surface area (Å²) in [5, 5.41) is 6.68. The van der Waals surface area contributed by atoms with Crippen LogP contribution in [0.15, 0.2) is 41.8 Å². The number of aromatic nitrogens is 4. The molecule has 1 aliphatic heterocycles. The normalized spacial score (nSPS) is 18.3. The number of para-hydroxylation sites is 1. The van der Waals surface area contributed by atoms with Crippen LogP contribution < -0.4 is 0 Å². The van der Waals surface area contributed by atoms with Gasteiger partial charge < -0.3 is 0 Å². The fourth-order valence-electron chi connectivity index (χ4n) is 3.63. The summed E-state index contributed by atoms with van der Waals surface area (Å²) in [5.74, 6) is 1.35. The first-order valence-corrected chi connectivity index (χ1v) is 11.2. The van der Waals surface area contributed by atoms with Crippen LogP contribution in [0.25, 0.3) is 20.9 Å². The van der Waals surface area contributed by atoms with Crippen LogP contribution in [0, 0.1) is 4.77 Å². The molecule has 0 unspecified atom stereocenters. The van der Waals surface area contributed by atoms with Gasteiger partial charge in [-0.05, 0) is 55.2 Å². The Hall–Kier alpha value is -1.87. The van der Waals surface area contributed by atoms with Crippen LogP contribution in [-0.2, 0) is 6.67 Å². The number of benzene rings is 1. The molecule has 5 rings (SSSR count). The van der Waals surface area contributed by atoms with Crippen LogP contribution in [0.4, 0.5) is 0 Å². The third-order valence-corrected chi connectivity index (χ3v) is 7.33. The summed E-state index contributed by atoms with van der Waals surface area (Å²) < 4.78 is 3.87. The number of hydrogen-bond donors (Lipinski definition) is 1. The Morgan fingerprint density at radius 2 is 2.11 bits per heavy atom. The maximum Gasteiger partial charge on any atom is 0.217 e. The van der Waals surface area contributed by atoms with Gasteiger partial charge >= 0.3 is 0 Å². The zero-order chi connectivity index (χ0) is 18.2. The van der Waals surface area contributed by atoms with E-state index >= 15 is 0 Å². The van der Waals surface area contributed by atoms with Crippen molar-refractivity contribution in [1.29, 1.82) is 0 Å². The molecule has 1 aliphatic rings. The van der Waals surface area contributed by atoms with Crippen molar-refractivity contribution in [3.05, 3.63) is 51.6 Å². The van der Waals surface area contributed by atoms with E-state index in [4.69, 9.17) is 17.2 Å². The minimum Gasteiger partial charge on any atom is -0.284 e. The molecule has 1 fully saturated rings. The molecular weight excluding hydrogens is 394 g/mol. The number of rotatable bonds is 4. The lowest BCUT2D eigenvalue weighted by molar-refractivity contribution is 0.156. The molecular formula is C19H19N5S3. The van der Waals surface area contributed by atoms with Gasteiger partial charge in [0, 0.05) is 12.5 Å². The van der Waals surface area contributed by atoms with Gasteiger partial charge in [0.2, 0.25) is 4.77 Å². The molecule has 3 aromatic heterocycles. The Morgan fingerprint density at radius 1 is 1.19 bits per heavy atom. The highest BCUT2D eigenvalue weighted by molar-refractivity contribution is 7.71. The molecule has 27 heavy (non-hydrogen) atoms. The number of thiophene rings is 1. The largest absolute Gasteiger partial charge is 0.284 e. The number of H-pyrrole nitrogens is 1. The lowest BCUT2D eigenvalue weighted by Crippen LogP contribution is -2.36. The van der Waals surface area contributed by atoms with Crippen molar-refractivity contribution < 1.29 is 0 Å². The second kappa shape index (κ2) is 7.27. The zero-order valence-corrected chi connectivity index (χ0v) is 17.1. The van der Waals surface area contributed by atoms with Gasteiger partial charge in [0.25, 0.3) is 0 Å². The van der Waals surface area contributed by atoms with E-state index in [2.05, 4.69) is 50.7 Å². The summed E-state index contributed by atoms with van der Waals surface area (Å²) in [6.07, 6.45) is 2.38. The third-order valence-electron chi connectivity index (χ3n) is 4.94. The van der Waals surface area contributed by atoms with Crippen molar-refractivity contribution in [2.24, 2.45) is 0 Å². The van der Waals surface area contributed by atoms with Crippen LogP contribution in [0.2, 0.25) is 0 Å². The molecule has 1 N–H and O–H groups in total. The minimum atomic E-state index is 0.491. The van der Waals surface area contributed by atoms with Crippen molar-refractivity contribution >= 4 is 45.1 Å². The predicted octanol–water partition coefficient (Wildman–Crippen LogP) is 5.12. The second-order valence-electron chi connectivity index (χ2n) is 6.84. The number of hydrogen-bond acceptors (Lipinski definition) is 6. The Balaban J connectivity index is 1.33. The summed E-state index contributed by atoms with van der Waals surface area (Å²) in [6.45, 7) is 2.84. The number of nitrogens with zero attached hydrogens (tertiary/aromatic N) is 4. The Morgan fingerprint density at radius 3 is 2.96 bits per heavy atom. The van der Waals surface area contributed by atoms with Gasteiger partial charge in [-0.15, -0.1) is 22.7 Å². The van der Waals surface area contributed by atoms with Crippen molar-refractivity contribution in [1.82, 2.24) is 24.6 Å². The Bertz CT molecular complexity index is 1070. The molecule has 0 radical (unpaired) electrons. The summed E-state index contributed by atoms with van der Waals surface area (Å²) >= 11 is 8.97. The molecule has 0 saturated carbocycles. The summed E-state index contributed by atoms with van der Waals surface area (Å²) in [5.41, 5.74) is 1.12. The van der Waals surface area contributed by atoms with Crippen LogP contribution in [0.5, 0.6) is 0 Å². The monoisotopic (exact) mass is 413 g/mol. The molecule has 4 heterocycles. The van der Waals surface area contributed by atoms with Gasteiger partial charge in [0.15, 0.2) is 5.82 Å². The lowest BCUT2D eigenvalue weighted by Gasteiger charge is -2.31. The number of aromatic amines is 1. The van der Waals surface area contributed by atoms with Gasteiger partial charge in [-0.3, -0.25) is 10.00 Å². The Kier molecular flexibility index (Phi) is 4.65.